The normalized spacial score (nSPS) is 11.5. The van der Waals surface area contributed by atoms with Crippen LogP contribution in [0, 0.1) is 5.82 Å². The van der Waals surface area contributed by atoms with Crippen LogP contribution >= 0.6 is 0 Å². The van der Waals surface area contributed by atoms with E-state index < -0.39 is 23.8 Å². The summed E-state index contributed by atoms with van der Waals surface area (Å²) in [5.74, 6) is -1.37. The highest BCUT2D eigenvalue weighted by Crippen LogP contribution is 2.18. The maximum atomic E-state index is 13.5. The smallest absolute Gasteiger partial charge is 0.338 e. The molecular formula is C18H18FNO4. The number of nitrogens with one attached hydrogen (secondary N) is 1. The predicted octanol–water partition coefficient (Wildman–Crippen LogP) is 3.41. The summed E-state index contributed by atoms with van der Waals surface area (Å²) in [6.45, 7) is 3.54. The summed E-state index contributed by atoms with van der Waals surface area (Å²) in [5, 5.41) is 2.64. The van der Waals surface area contributed by atoms with Crippen LogP contribution in [0.15, 0.2) is 48.5 Å². The first-order valence-corrected chi connectivity index (χ1v) is 7.50. The molecule has 126 valence electrons. The Hall–Kier alpha value is -2.89. The first-order chi connectivity index (χ1) is 11.5. The van der Waals surface area contributed by atoms with Gasteiger partial charge in [-0.1, -0.05) is 12.1 Å². The van der Waals surface area contributed by atoms with Gasteiger partial charge in [-0.05, 0) is 50.2 Å². The van der Waals surface area contributed by atoms with Crippen molar-refractivity contribution in [1.29, 1.82) is 0 Å². The lowest BCUT2D eigenvalue weighted by Gasteiger charge is -2.15. The third-order valence-electron chi connectivity index (χ3n) is 3.17. The van der Waals surface area contributed by atoms with Crippen LogP contribution in [0.1, 0.15) is 24.2 Å². The minimum Gasteiger partial charge on any atom is -0.478 e. The minimum atomic E-state index is -0.883. The van der Waals surface area contributed by atoms with E-state index >= 15 is 0 Å². The van der Waals surface area contributed by atoms with Gasteiger partial charge >= 0.3 is 5.97 Å². The molecule has 1 N–H and O–H groups in total. The molecule has 2 rings (SSSR count). The Kier molecular flexibility index (Phi) is 5.89. The zero-order valence-electron chi connectivity index (χ0n) is 13.4. The number of ether oxygens (including phenoxy) is 2. The van der Waals surface area contributed by atoms with Crippen LogP contribution in [0.25, 0.3) is 0 Å². The Balaban J connectivity index is 1.96. The summed E-state index contributed by atoms with van der Waals surface area (Å²) in [5.41, 5.74) is 0.891. The van der Waals surface area contributed by atoms with Crippen molar-refractivity contribution in [1.82, 2.24) is 0 Å². The van der Waals surface area contributed by atoms with Crippen LogP contribution < -0.4 is 10.1 Å². The number of esters is 1. The topological polar surface area (TPSA) is 64.6 Å². The molecule has 0 aliphatic carbocycles. The number of carbonyl (C=O) groups excluding carboxylic acids is 2. The Morgan fingerprint density at radius 1 is 1.12 bits per heavy atom. The van der Waals surface area contributed by atoms with Gasteiger partial charge in [0.25, 0.3) is 5.91 Å². The summed E-state index contributed by atoms with van der Waals surface area (Å²) in [6, 6.07) is 12.1. The molecule has 0 fully saturated rings. The van der Waals surface area contributed by atoms with Gasteiger partial charge in [-0.2, -0.15) is 0 Å². The SMILES string of the molecule is CCOC(=O)c1ccc(NC(=O)C(C)Oc2ccccc2F)cc1. The van der Waals surface area contributed by atoms with Gasteiger partial charge < -0.3 is 14.8 Å². The summed E-state index contributed by atoms with van der Waals surface area (Å²) in [7, 11) is 0. The molecular weight excluding hydrogens is 313 g/mol. The lowest BCUT2D eigenvalue weighted by atomic mass is 10.2. The molecule has 5 nitrogen and oxygen atoms in total. The summed E-state index contributed by atoms with van der Waals surface area (Å²) in [4.78, 5) is 23.7. The molecule has 0 heterocycles. The van der Waals surface area contributed by atoms with Gasteiger partial charge in [-0.25, -0.2) is 9.18 Å². The fraction of sp³-hybridized carbons (Fsp3) is 0.222. The van der Waals surface area contributed by atoms with E-state index in [-0.39, 0.29) is 5.75 Å². The van der Waals surface area contributed by atoms with Crippen LogP contribution in [-0.4, -0.2) is 24.6 Å². The molecule has 0 aliphatic heterocycles. The number of rotatable bonds is 6. The number of anilines is 1. The second-order valence-electron chi connectivity index (χ2n) is 4.98. The van der Waals surface area contributed by atoms with Gasteiger partial charge in [0.05, 0.1) is 12.2 Å². The van der Waals surface area contributed by atoms with E-state index in [0.29, 0.717) is 17.9 Å². The first-order valence-electron chi connectivity index (χ1n) is 7.50. The Bertz CT molecular complexity index is 715. The third-order valence-corrected chi connectivity index (χ3v) is 3.17. The lowest BCUT2D eigenvalue weighted by molar-refractivity contribution is -0.122. The van der Waals surface area contributed by atoms with E-state index in [1.54, 1.807) is 37.3 Å². The molecule has 2 aromatic carbocycles. The van der Waals surface area contributed by atoms with Gasteiger partial charge in [0.2, 0.25) is 0 Å². The molecule has 1 amide bonds. The zero-order valence-corrected chi connectivity index (χ0v) is 13.4. The van der Waals surface area contributed by atoms with Crippen molar-refractivity contribution in [2.75, 3.05) is 11.9 Å². The molecule has 0 aromatic heterocycles. The number of benzene rings is 2. The fourth-order valence-electron chi connectivity index (χ4n) is 1.93. The van der Waals surface area contributed by atoms with Crippen molar-refractivity contribution < 1.29 is 23.5 Å². The zero-order chi connectivity index (χ0) is 17.5. The highest BCUT2D eigenvalue weighted by atomic mass is 19.1. The average Bonchev–Trinajstić information content (AvgIpc) is 2.57. The molecule has 0 radical (unpaired) electrons. The van der Waals surface area contributed by atoms with Crippen molar-refractivity contribution in [3.8, 4) is 5.75 Å². The largest absolute Gasteiger partial charge is 0.478 e. The van der Waals surface area contributed by atoms with Crippen LogP contribution in [0.4, 0.5) is 10.1 Å². The van der Waals surface area contributed by atoms with Gasteiger partial charge in [0.15, 0.2) is 17.7 Å². The molecule has 0 saturated carbocycles. The van der Waals surface area contributed by atoms with Crippen molar-refractivity contribution in [2.45, 2.75) is 20.0 Å². The number of para-hydroxylation sites is 1. The van der Waals surface area contributed by atoms with Crippen LogP contribution in [0.5, 0.6) is 5.75 Å². The number of halogens is 1. The second kappa shape index (κ2) is 8.10. The van der Waals surface area contributed by atoms with E-state index in [1.807, 2.05) is 0 Å². The van der Waals surface area contributed by atoms with E-state index in [4.69, 9.17) is 9.47 Å². The maximum Gasteiger partial charge on any atom is 0.338 e. The summed E-state index contributed by atoms with van der Waals surface area (Å²) in [6.07, 6.45) is -0.883. The molecule has 0 aliphatic rings. The first kappa shape index (κ1) is 17.5. The number of carbonyl (C=O) groups is 2. The standard InChI is InChI=1S/C18H18FNO4/c1-3-23-18(22)13-8-10-14(11-9-13)20-17(21)12(2)24-16-7-5-4-6-15(16)19/h4-12H,3H2,1-2H3,(H,20,21). The average molecular weight is 331 g/mol. The van der Waals surface area contributed by atoms with Crippen molar-refractivity contribution in [2.24, 2.45) is 0 Å². The van der Waals surface area contributed by atoms with E-state index in [0.717, 1.165) is 0 Å². The second-order valence-corrected chi connectivity index (χ2v) is 4.98. The Morgan fingerprint density at radius 2 is 1.79 bits per heavy atom. The molecule has 6 heteroatoms. The highest BCUT2D eigenvalue weighted by Gasteiger charge is 2.17. The Labute approximate surface area is 139 Å². The molecule has 0 spiro atoms. The Morgan fingerprint density at radius 3 is 2.42 bits per heavy atom. The number of amides is 1. The van der Waals surface area contributed by atoms with Gasteiger partial charge in [-0.3, -0.25) is 4.79 Å². The van der Waals surface area contributed by atoms with Crippen molar-refractivity contribution in [3.05, 3.63) is 59.9 Å². The molecule has 2 aromatic rings. The van der Waals surface area contributed by atoms with E-state index in [9.17, 15) is 14.0 Å². The fourth-order valence-corrected chi connectivity index (χ4v) is 1.93. The maximum absolute atomic E-state index is 13.5. The minimum absolute atomic E-state index is 0.0119. The monoisotopic (exact) mass is 331 g/mol. The molecule has 1 unspecified atom stereocenters. The van der Waals surface area contributed by atoms with Crippen LogP contribution in [0.3, 0.4) is 0 Å². The van der Waals surface area contributed by atoms with Crippen LogP contribution in [0.2, 0.25) is 0 Å². The third kappa shape index (κ3) is 4.55. The highest BCUT2D eigenvalue weighted by molar-refractivity contribution is 5.95. The van der Waals surface area contributed by atoms with Gasteiger partial charge in [0.1, 0.15) is 0 Å². The molecule has 0 bridgehead atoms. The number of hydrogen-bond acceptors (Lipinski definition) is 4. The lowest BCUT2D eigenvalue weighted by Crippen LogP contribution is -2.30. The van der Waals surface area contributed by atoms with Gasteiger partial charge in [0, 0.05) is 5.69 Å². The molecule has 24 heavy (non-hydrogen) atoms. The van der Waals surface area contributed by atoms with Crippen LogP contribution in [-0.2, 0) is 9.53 Å². The molecule has 1 atom stereocenters. The van der Waals surface area contributed by atoms with Crippen molar-refractivity contribution in [3.63, 3.8) is 0 Å². The quantitative estimate of drug-likeness (QED) is 0.824. The van der Waals surface area contributed by atoms with Gasteiger partial charge in [-0.15, -0.1) is 0 Å². The summed E-state index contributed by atoms with van der Waals surface area (Å²) >= 11 is 0. The van der Waals surface area contributed by atoms with E-state index in [2.05, 4.69) is 5.32 Å². The van der Waals surface area contributed by atoms with Crippen molar-refractivity contribution >= 4 is 17.6 Å². The molecule has 0 saturated heterocycles. The summed E-state index contributed by atoms with van der Waals surface area (Å²) < 4.78 is 23.7. The van der Waals surface area contributed by atoms with E-state index in [1.165, 1.54) is 25.1 Å². The predicted molar refractivity (Wildman–Crippen MR) is 87.5 cm³/mol. The number of hydrogen-bond donors (Lipinski definition) is 1.